The smallest absolute Gasteiger partial charge is 0.356 e. The van der Waals surface area contributed by atoms with Gasteiger partial charge in [0.15, 0.2) is 12.3 Å². The van der Waals surface area contributed by atoms with Crippen molar-refractivity contribution in [1.29, 1.82) is 0 Å². The maximum Gasteiger partial charge on any atom is 0.356 e. The van der Waals surface area contributed by atoms with Crippen LogP contribution in [0, 0.1) is 0 Å². The minimum atomic E-state index is -4.53. The molecule has 0 saturated heterocycles. The molecular weight excluding hydrogens is 718 g/mol. The lowest BCUT2D eigenvalue weighted by atomic mass is 9.81. The normalized spacial score (nSPS) is 17.6. The molecule has 0 aliphatic carbocycles. The fourth-order valence-corrected chi connectivity index (χ4v) is 8.08. The number of aliphatic carboxylic acids is 2. The molecule has 0 bridgehead atoms. The summed E-state index contributed by atoms with van der Waals surface area (Å²) in [6, 6.07) is 18.5. The standard InChI is InChI=1S/C39H42N2O10P2/c1-38(2)30-24-28(52(46,47)48)16-18-32(30)40(22-20-36(42)43)34(38)14-8-12-27(26-10-6-5-7-11-26)13-9-15-35-39(3,4)31-25-29(53(49,50)51)17-19-33(31)41(35)23-21-37(44)45/h5-19,24-25H,20-23H2,1-4H3,(H5-,42,43,44,45,46,47,48,49,50,51)/p+1. The summed E-state index contributed by atoms with van der Waals surface area (Å²) in [6.07, 6.45) is 10.9. The molecule has 0 atom stereocenters. The van der Waals surface area contributed by atoms with Crippen molar-refractivity contribution in [2.75, 3.05) is 18.0 Å². The van der Waals surface area contributed by atoms with Crippen molar-refractivity contribution in [2.24, 2.45) is 0 Å². The van der Waals surface area contributed by atoms with E-state index in [1.165, 1.54) is 24.3 Å². The van der Waals surface area contributed by atoms with E-state index in [1.54, 1.807) is 12.1 Å². The summed E-state index contributed by atoms with van der Waals surface area (Å²) in [5.41, 5.74) is 4.44. The number of carboxylic acids is 2. The lowest BCUT2D eigenvalue weighted by molar-refractivity contribution is -0.436. The van der Waals surface area contributed by atoms with Gasteiger partial charge in [-0.2, -0.15) is 4.58 Å². The summed E-state index contributed by atoms with van der Waals surface area (Å²) >= 11 is 0. The van der Waals surface area contributed by atoms with Crippen LogP contribution in [0.2, 0.25) is 0 Å². The Labute approximate surface area is 307 Å². The van der Waals surface area contributed by atoms with E-state index < -0.39 is 38.0 Å². The van der Waals surface area contributed by atoms with E-state index in [4.69, 9.17) is 0 Å². The Morgan fingerprint density at radius 3 is 1.98 bits per heavy atom. The molecule has 0 saturated carbocycles. The van der Waals surface area contributed by atoms with E-state index in [2.05, 4.69) is 0 Å². The maximum absolute atomic E-state index is 12.1. The first-order valence-electron chi connectivity index (χ1n) is 16.8. The molecule has 53 heavy (non-hydrogen) atoms. The molecule has 278 valence electrons. The van der Waals surface area contributed by atoms with Crippen LogP contribution in [0.4, 0.5) is 11.4 Å². The van der Waals surface area contributed by atoms with E-state index in [0.29, 0.717) is 22.5 Å². The second-order valence-corrected chi connectivity index (χ2v) is 17.2. The highest BCUT2D eigenvalue weighted by atomic mass is 31.2. The molecule has 0 unspecified atom stereocenters. The first-order valence-corrected chi connectivity index (χ1v) is 20.1. The average molecular weight is 762 g/mol. The molecule has 12 nitrogen and oxygen atoms in total. The van der Waals surface area contributed by atoms with Crippen LogP contribution in [0.1, 0.15) is 57.2 Å². The summed E-state index contributed by atoms with van der Waals surface area (Å²) in [4.78, 5) is 64.4. The Kier molecular flexibility index (Phi) is 11.2. The van der Waals surface area contributed by atoms with Gasteiger partial charge in [-0.25, -0.2) is 0 Å². The van der Waals surface area contributed by atoms with Gasteiger partial charge in [-0.15, -0.1) is 0 Å². The van der Waals surface area contributed by atoms with E-state index in [0.717, 1.165) is 22.5 Å². The molecule has 0 amide bonds. The third kappa shape index (κ3) is 8.44. The Morgan fingerprint density at radius 1 is 0.774 bits per heavy atom. The van der Waals surface area contributed by atoms with Gasteiger partial charge in [-0.1, -0.05) is 68.5 Å². The van der Waals surface area contributed by atoms with Crippen LogP contribution in [0.15, 0.2) is 109 Å². The van der Waals surface area contributed by atoms with Crippen molar-refractivity contribution in [3.8, 4) is 0 Å². The molecule has 14 heteroatoms. The topological polar surface area (TPSA) is 196 Å². The van der Waals surface area contributed by atoms with Gasteiger partial charge in [0.05, 0.1) is 22.4 Å². The van der Waals surface area contributed by atoms with Crippen molar-refractivity contribution in [1.82, 2.24) is 0 Å². The molecule has 0 fully saturated rings. The number of hydrogen-bond acceptors (Lipinski definition) is 5. The summed E-state index contributed by atoms with van der Waals surface area (Å²) in [5.74, 6) is -1.96. The van der Waals surface area contributed by atoms with Crippen molar-refractivity contribution < 1.29 is 53.1 Å². The number of rotatable bonds is 13. The lowest BCUT2D eigenvalue weighted by Crippen LogP contribution is -2.28. The Balaban J connectivity index is 1.56. The van der Waals surface area contributed by atoms with Gasteiger partial charge in [0.25, 0.3) is 0 Å². The zero-order valence-electron chi connectivity index (χ0n) is 29.7. The van der Waals surface area contributed by atoms with E-state index in [9.17, 15) is 48.5 Å². The Bertz CT molecular complexity index is 2210. The summed E-state index contributed by atoms with van der Waals surface area (Å²) in [6.45, 7) is 7.98. The second kappa shape index (κ2) is 15.0. The fourth-order valence-electron chi connectivity index (χ4n) is 6.95. The fraction of sp³-hybridized carbons (Fsp3) is 0.256. The summed E-state index contributed by atoms with van der Waals surface area (Å²) < 4.78 is 26.1. The summed E-state index contributed by atoms with van der Waals surface area (Å²) in [5, 5.41) is 18.7. The van der Waals surface area contributed by atoms with Crippen LogP contribution in [-0.4, -0.2) is 65.1 Å². The van der Waals surface area contributed by atoms with Gasteiger partial charge in [-0.05, 0) is 67.0 Å². The van der Waals surface area contributed by atoms with Crippen LogP contribution < -0.4 is 15.5 Å². The van der Waals surface area contributed by atoms with Crippen LogP contribution in [0.3, 0.4) is 0 Å². The molecule has 3 aromatic carbocycles. The molecule has 0 radical (unpaired) electrons. The largest absolute Gasteiger partial charge is 0.481 e. The minimum absolute atomic E-state index is 0.115. The number of allylic oxidation sites excluding steroid dienone is 8. The number of hydrogen-bond donors (Lipinski definition) is 6. The van der Waals surface area contributed by atoms with Crippen molar-refractivity contribution in [2.45, 2.75) is 51.4 Å². The monoisotopic (exact) mass is 761 g/mol. The number of fused-ring (bicyclic) bond motifs is 2. The van der Waals surface area contributed by atoms with Gasteiger partial charge >= 0.3 is 27.1 Å². The van der Waals surface area contributed by atoms with E-state index in [-0.39, 0.29) is 36.5 Å². The van der Waals surface area contributed by atoms with Crippen molar-refractivity contribution in [3.63, 3.8) is 0 Å². The van der Waals surface area contributed by atoms with Crippen molar-refractivity contribution >= 4 is 60.4 Å². The molecule has 5 rings (SSSR count). The second-order valence-electron chi connectivity index (χ2n) is 14.0. The SMILES string of the molecule is CC1(C)C(/C=C/C=C(/C=C/C=C2/N(CCC(=O)O)c3ccc(P(=O)(O)O)cc3C2(C)C)c2ccccc2)=[N+](CCC(=O)O)c2ccc(P(=O)(O)O)cc21. The molecule has 2 aliphatic rings. The molecule has 3 aromatic rings. The van der Waals surface area contributed by atoms with Crippen LogP contribution >= 0.6 is 15.2 Å². The number of nitrogens with zero attached hydrogens (tertiary/aromatic N) is 2. The van der Waals surface area contributed by atoms with Crippen LogP contribution in [0.25, 0.3) is 5.57 Å². The zero-order chi connectivity index (χ0) is 38.9. The molecule has 2 aliphatic heterocycles. The first kappa shape index (κ1) is 39.5. The number of carboxylic acid groups (broad SMARTS) is 2. The predicted octanol–water partition coefficient (Wildman–Crippen LogP) is 5.50. The summed E-state index contributed by atoms with van der Waals surface area (Å²) in [7, 11) is -9.07. The quantitative estimate of drug-likeness (QED) is 0.0732. The molecule has 6 N–H and O–H groups in total. The van der Waals surface area contributed by atoms with Crippen LogP contribution in [0.5, 0.6) is 0 Å². The number of benzene rings is 3. The Hall–Kier alpha value is -4.67. The van der Waals surface area contributed by atoms with Gasteiger partial charge in [-0.3, -0.25) is 18.7 Å². The molecule has 0 aromatic heterocycles. The van der Waals surface area contributed by atoms with Crippen LogP contribution in [-0.2, 0) is 29.5 Å². The molecule has 0 spiro atoms. The Morgan fingerprint density at radius 2 is 1.38 bits per heavy atom. The van der Waals surface area contributed by atoms with Gasteiger partial charge in [0.2, 0.25) is 5.69 Å². The van der Waals surface area contributed by atoms with Gasteiger partial charge in [0, 0.05) is 41.1 Å². The van der Waals surface area contributed by atoms with Gasteiger partial charge in [0.1, 0.15) is 6.42 Å². The van der Waals surface area contributed by atoms with E-state index in [1.807, 2.05) is 104 Å². The number of carbonyl (C=O) groups is 2. The molecule has 2 heterocycles. The highest BCUT2D eigenvalue weighted by Crippen LogP contribution is 2.49. The van der Waals surface area contributed by atoms with Gasteiger partial charge < -0.3 is 34.7 Å². The average Bonchev–Trinajstić information content (AvgIpc) is 3.42. The third-order valence-corrected chi connectivity index (χ3v) is 11.6. The maximum atomic E-state index is 12.1. The number of anilines is 1. The highest BCUT2D eigenvalue weighted by Gasteiger charge is 2.45. The molecular formula is C39H43N2O10P2+. The predicted molar refractivity (Wildman–Crippen MR) is 205 cm³/mol. The van der Waals surface area contributed by atoms with E-state index >= 15 is 0 Å². The lowest BCUT2D eigenvalue weighted by Gasteiger charge is -2.26. The zero-order valence-corrected chi connectivity index (χ0v) is 31.5. The highest BCUT2D eigenvalue weighted by molar-refractivity contribution is 7.60. The third-order valence-electron chi connectivity index (χ3n) is 9.69. The first-order chi connectivity index (χ1) is 24.7. The van der Waals surface area contributed by atoms with Crippen molar-refractivity contribution in [3.05, 3.63) is 126 Å². The minimum Gasteiger partial charge on any atom is -0.481 e.